The molecule has 2 rings (SSSR count). The molecule has 0 amide bonds. The van der Waals surface area contributed by atoms with Crippen LogP contribution in [0.4, 0.5) is 0 Å². The summed E-state index contributed by atoms with van der Waals surface area (Å²) in [4.78, 5) is 14.9. The molecule has 0 radical (unpaired) electrons. The second kappa shape index (κ2) is 6.14. The Morgan fingerprint density at radius 3 is 2.57 bits per heavy atom. The maximum atomic E-state index is 11.0. The predicted octanol–water partition coefficient (Wildman–Crippen LogP) is 4.66. The minimum atomic E-state index is -1.18. The van der Waals surface area contributed by atoms with Crippen molar-refractivity contribution in [1.82, 2.24) is 4.98 Å². The van der Waals surface area contributed by atoms with Crippen LogP contribution < -0.4 is 4.74 Å². The van der Waals surface area contributed by atoms with Crippen LogP contribution >= 0.6 is 11.6 Å². The van der Waals surface area contributed by atoms with Crippen molar-refractivity contribution in [3.63, 3.8) is 0 Å². The molecular weight excluding hydrogens is 290 g/mol. The molecule has 0 saturated carbocycles. The van der Waals surface area contributed by atoms with Crippen LogP contribution in [-0.4, -0.2) is 16.1 Å². The van der Waals surface area contributed by atoms with Gasteiger partial charge in [0, 0.05) is 6.07 Å². The summed E-state index contributed by atoms with van der Waals surface area (Å²) in [6.07, 6.45) is 0. The van der Waals surface area contributed by atoms with Crippen LogP contribution in [0.5, 0.6) is 11.6 Å². The Labute approximate surface area is 128 Å². The summed E-state index contributed by atoms with van der Waals surface area (Å²) in [5, 5.41) is 9.08. The fourth-order valence-electron chi connectivity index (χ4n) is 2.11. The zero-order chi connectivity index (χ0) is 15.6. The maximum Gasteiger partial charge on any atom is 0.356 e. The molecule has 0 spiro atoms. The highest BCUT2D eigenvalue weighted by Crippen LogP contribution is 2.27. The summed E-state index contributed by atoms with van der Waals surface area (Å²) in [6.45, 7) is 6.27. The van der Waals surface area contributed by atoms with Gasteiger partial charge in [0.25, 0.3) is 0 Å². The molecule has 21 heavy (non-hydrogen) atoms. The Hall–Kier alpha value is -2.07. The van der Waals surface area contributed by atoms with Crippen LogP contribution in [0.15, 0.2) is 30.3 Å². The monoisotopic (exact) mass is 305 g/mol. The van der Waals surface area contributed by atoms with Gasteiger partial charge in [-0.25, -0.2) is 9.78 Å². The molecule has 1 N–H and O–H groups in total. The number of benzene rings is 1. The average Bonchev–Trinajstić information content (AvgIpc) is 2.40. The third-order valence-electron chi connectivity index (χ3n) is 3.11. The second-order valence-corrected chi connectivity index (χ2v) is 5.47. The molecule has 0 unspecified atom stereocenters. The number of halogens is 1. The minimum Gasteiger partial charge on any atom is -0.476 e. The lowest BCUT2D eigenvalue weighted by atomic mass is 9.98. The van der Waals surface area contributed by atoms with E-state index >= 15 is 0 Å². The number of ether oxygens (including phenoxy) is 1. The molecule has 1 aromatic heterocycles. The molecule has 4 nitrogen and oxygen atoms in total. The van der Waals surface area contributed by atoms with E-state index in [0.717, 1.165) is 5.56 Å². The fraction of sp³-hybridized carbons (Fsp3) is 0.250. The van der Waals surface area contributed by atoms with Crippen LogP contribution in [0.25, 0.3) is 0 Å². The van der Waals surface area contributed by atoms with Crippen molar-refractivity contribution < 1.29 is 14.6 Å². The van der Waals surface area contributed by atoms with E-state index in [1.54, 1.807) is 6.07 Å². The summed E-state index contributed by atoms with van der Waals surface area (Å²) < 4.78 is 5.61. The Kier molecular flexibility index (Phi) is 4.48. The molecule has 0 bridgehead atoms. The van der Waals surface area contributed by atoms with E-state index in [0.29, 0.717) is 11.7 Å². The lowest BCUT2D eigenvalue weighted by Gasteiger charge is -2.12. The fourth-order valence-corrected chi connectivity index (χ4v) is 2.30. The number of rotatable bonds is 4. The number of carboxylic acid groups (broad SMARTS) is 1. The highest BCUT2D eigenvalue weighted by molar-refractivity contribution is 6.33. The first-order valence-corrected chi connectivity index (χ1v) is 6.94. The van der Waals surface area contributed by atoms with E-state index in [1.807, 2.05) is 25.1 Å². The van der Waals surface area contributed by atoms with Gasteiger partial charge in [-0.15, -0.1) is 0 Å². The van der Waals surface area contributed by atoms with E-state index in [-0.39, 0.29) is 16.6 Å². The van der Waals surface area contributed by atoms with Crippen LogP contribution in [0.1, 0.15) is 41.4 Å². The van der Waals surface area contributed by atoms with Gasteiger partial charge >= 0.3 is 5.97 Å². The van der Waals surface area contributed by atoms with Gasteiger partial charge in [0.15, 0.2) is 5.69 Å². The number of aryl methyl sites for hydroxylation is 1. The Morgan fingerprint density at radius 2 is 2.00 bits per heavy atom. The molecule has 0 aliphatic rings. The summed E-state index contributed by atoms with van der Waals surface area (Å²) in [7, 11) is 0. The minimum absolute atomic E-state index is 0.0844. The van der Waals surface area contributed by atoms with Crippen molar-refractivity contribution in [3.05, 3.63) is 52.2 Å². The molecule has 1 heterocycles. The summed E-state index contributed by atoms with van der Waals surface area (Å²) in [5.41, 5.74) is 2.15. The zero-order valence-corrected chi connectivity index (χ0v) is 12.8. The van der Waals surface area contributed by atoms with Crippen LogP contribution in [0.2, 0.25) is 5.02 Å². The van der Waals surface area contributed by atoms with Gasteiger partial charge in [-0.3, -0.25) is 0 Å². The van der Waals surface area contributed by atoms with Gasteiger partial charge < -0.3 is 9.84 Å². The Balaban J connectivity index is 2.28. The molecule has 0 fully saturated rings. The van der Waals surface area contributed by atoms with E-state index in [1.165, 1.54) is 11.6 Å². The first kappa shape index (κ1) is 15.3. The van der Waals surface area contributed by atoms with Crippen molar-refractivity contribution in [2.24, 2.45) is 0 Å². The SMILES string of the molecule is Cc1cc(Oc2ccc(Cl)c(C(=O)O)n2)ccc1C(C)C. The second-order valence-electron chi connectivity index (χ2n) is 5.06. The summed E-state index contributed by atoms with van der Waals surface area (Å²) in [5.74, 6) is 0.0691. The first-order valence-electron chi connectivity index (χ1n) is 6.56. The lowest BCUT2D eigenvalue weighted by Crippen LogP contribution is -2.02. The van der Waals surface area contributed by atoms with Gasteiger partial charge in [-0.05, 0) is 42.2 Å². The summed E-state index contributed by atoms with van der Waals surface area (Å²) >= 11 is 5.78. The van der Waals surface area contributed by atoms with Crippen molar-refractivity contribution >= 4 is 17.6 Å². The van der Waals surface area contributed by atoms with Crippen molar-refractivity contribution in [1.29, 1.82) is 0 Å². The van der Waals surface area contributed by atoms with Gasteiger partial charge in [0.1, 0.15) is 5.75 Å². The molecule has 1 aromatic carbocycles. The standard InChI is InChI=1S/C16H16ClNO3/c1-9(2)12-5-4-11(8-10(12)3)21-14-7-6-13(17)15(18-14)16(19)20/h4-9H,1-3H3,(H,19,20). The van der Waals surface area contributed by atoms with E-state index < -0.39 is 5.97 Å². The van der Waals surface area contributed by atoms with E-state index in [2.05, 4.69) is 18.8 Å². The van der Waals surface area contributed by atoms with Gasteiger partial charge in [-0.2, -0.15) is 0 Å². The van der Waals surface area contributed by atoms with Gasteiger partial charge in [0.2, 0.25) is 5.88 Å². The maximum absolute atomic E-state index is 11.0. The van der Waals surface area contributed by atoms with Crippen LogP contribution in [-0.2, 0) is 0 Å². The first-order chi connectivity index (χ1) is 9.88. The molecule has 5 heteroatoms. The number of aromatic nitrogens is 1. The summed E-state index contributed by atoms with van der Waals surface area (Å²) in [6, 6.07) is 8.76. The molecule has 0 saturated heterocycles. The number of aromatic carboxylic acids is 1. The normalized spacial score (nSPS) is 10.7. The Morgan fingerprint density at radius 1 is 1.29 bits per heavy atom. The number of hydrogen-bond donors (Lipinski definition) is 1. The van der Waals surface area contributed by atoms with Crippen molar-refractivity contribution in [2.75, 3.05) is 0 Å². The molecular formula is C16H16ClNO3. The number of carboxylic acids is 1. The van der Waals surface area contributed by atoms with E-state index in [4.69, 9.17) is 21.4 Å². The molecule has 0 aliphatic carbocycles. The zero-order valence-electron chi connectivity index (χ0n) is 12.1. The van der Waals surface area contributed by atoms with E-state index in [9.17, 15) is 4.79 Å². The Bertz CT molecular complexity index is 683. The number of carbonyl (C=O) groups is 1. The quantitative estimate of drug-likeness (QED) is 0.892. The average molecular weight is 306 g/mol. The highest BCUT2D eigenvalue weighted by atomic mass is 35.5. The lowest BCUT2D eigenvalue weighted by molar-refractivity contribution is 0.0690. The smallest absolute Gasteiger partial charge is 0.356 e. The van der Waals surface area contributed by atoms with Gasteiger partial charge in [0.05, 0.1) is 5.02 Å². The molecule has 2 aromatic rings. The third kappa shape index (κ3) is 3.52. The van der Waals surface area contributed by atoms with Crippen LogP contribution in [0.3, 0.4) is 0 Å². The predicted molar refractivity (Wildman–Crippen MR) is 81.5 cm³/mol. The van der Waals surface area contributed by atoms with Gasteiger partial charge in [-0.1, -0.05) is 31.5 Å². The molecule has 110 valence electrons. The topological polar surface area (TPSA) is 59.4 Å². The highest BCUT2D eigenvalue weighted by Gasteiger charge is 2.13. The third-order valence-corrected chi connectivity index (χ3v) is 3.41. The number of nitrogens with zero attached hydrogens (tertiary/aromatic N) is 1. The number of hydrogen-bond acceptors (Lipinski definition) is 3. The number of pyridine rings is 1. The van der Waals surface area contributed by atoms with Crippen molar-refractivity contribution in [3.8, 4) is 11.6 Å². The van der Waals surface area contributed by atoms with Crippen LogP contribution in [0, 0.1) is 6.92 Å². The largest absolute Gasteiger partial charge is 0.476 e. The van der Waals surface area contributed by atoms with Crippen molar-refractivity contribution in [2.45, 2.75) is 26.7 Å². The molecule has 0 aliphatic heterocycles. The molecule has 0 atom stereocenters.